The minimum absolute atomic E-state index is 0.0543. The van der Waals surface area contributed by atoms with E-state index in [0.29, 0.717) is 36.2 Å². The van der Waals surface area contributed by atoms with Crippen LogP contribution in [-0.2, 0) is 20.1 Å². The number of morpholine rings is 1. The highest BCUT2D eigenvalue weighted by Crippen LogP contribution is 2.21. The number of nitrogens with one attached hydrogen (secondary N) is 2. The number of carbonyl (C=O) groups excluding carboxylic acids is 2. The molecule has 1 fully saturated rings. The zero-order chi connectivity index (χ0) is 22.1. The van der Waals surface area contributed by atoms with Gasteiger partial charge >= 0.3 is 0 Å². The topological polar surface area (TPSA) is 70.7 Å². The van der Waals surface area contributed by atoms with Gasteiger partial charge in [-0.05, 0) is 35.9 Å². The van der Waals surface area contributed by atoms with E-state index in [2.05, 4.69) is 15.5 Å². The molecule has 1 aliphatic heterocycles. The van der Waals surface area contributed by atoms with Gasteiger partial charge in [0, 0.05) is 42.5 Å². The van der Waals surface area contributed by atoms with Crippen molar-refractivity contribution in [3.05, 3.63) is 58.9 Å². The smallest absolute Gasteiger partial charge is 0.234 e. The summed E-state index contributed by atoms with van der Waals surface area (Å²) in [6.45, 7) is 3.50. The Balaban J connectivity index is 1.44. The Bertz CT molecular complexity index is 892. The van der Waals surface area contributed by atoms with Crippen LogP contribution in [0.15, 0.2) is 42.5 Å². The Morgan fingerprint density at radius 2 is 1.81 bits per heavy atom. The van der Waals surface area contributed by atoms with E-state index in [9.17, 15) is 14.0 Å². The van der Waals surface area contributed by atoms with Crippen molar-refractivity contribution in [3.63, 3.8) is 0 Å². The molecule has 3 rings (SSSR count). The second-order valence-corrected chi connectivity index (χ2v) is 8.54. The van der Waals surface area contributed by atoms with E-state index >= 15 is 0 Å². The average molecular weight is 466 g/mol. The van der Waals surface area contributed by atoms with E-state index in [1.54, 1.807) is 0 Å². The molecule has 0 atom stereocenters. The summed E-state index contributed by atoms with van der Waals surface area (Å²) in [5, 5.41) is 6.01. The van der Waals surface area contributed by atoms with Crippen LogP contribution in [0.4, 0.5) is 15.8 Å². The van der Waals surface area contributed by atoms with E-state index in [4.69, 9.17) is 16.3 Å². The highest BCUT2D eigenvalue weighted by atomic mass is 35.5. The fourth-order valence-electron chi connectivity index (χ4n) is 3.04. The van der Waals surface area contributed by atoms with E-state index in [-0.39, 0.29) is 29.7 Å². The molecule has 0 bridgehead atoms. The highest BCUT2D eigenvalue weighted by molar-refractivity contribution is 7.99. The number of thioether (sulfide) groups is 1. The summed E-state index contributed by atoms with van der Waals surface area (Å²) in [6.07, 6.45) is 0.261. The molecule has 0 aromatic heterocycles. The number of benzene rings is 2. The summed E-state index contributed by atoms with van der Waals surface area (Å²) in [6, 6.07) is 11.6. The number of halogens is 2. The van der Waals surface area contributed by atoms with Gasteiger partial charge in [0.05, 0.1) is 24.7 Å². The maximum atomic E-state index is 14.1. The number of rotatable bonds is 9. The van der Waals surface area contributed by atoms with Crippen molar-refractivity contribution in [1.82, 2.24) is 4.90 Å². The number of hydrogen-bond donors (Lipinski definition) is 2. The zero-order valence-electron chi connectivity index (χ0n) is 17.0. The lowest BCUT2D eigenvalue weighted by molar-refractivity contribution is -0.117. The molecule has 2 aromatic carbocycles. The van der Waals surface area contributed by atoms with Crippen LogP contribution in [0.2, 0.25) is 5.02 Å². The largest absolute Gasteiger partial charge is 0.379 e. The molecule has 0 aliphatic carbocycles. The number of hydrogen-bond acceptors (Lipinski definition) is 5. The SMILES string of the molecule is O=C(CSCc1ccc(Cl)cc1)Nc1ccc(F)c(NC(=O)CCN2CCOCC2)c1. The quantitative estimate of drug-likeness (QED) is 0.585. The summed E-state index contributed by atoms with van der Waals surface area (Å²) in [4.78, 5) is 26.5. The lowest BCUT2D eigenvalue weighted by Crippen LogP contribution is -2.38. The van der Waals surface area contributed by atoms with Gasteiger partial charge in [0.15, 0.2) is 0 Å². The van der Waals surface area contributed by atoms with Crippen LogP contribution in [0.25, 0.3) is 0 Å². The first-order valence-corrected chi connectivity index (χ1v) is 11.5. The zero-order valence-corrected chi connectivity index (χ0v) is 18.6. The van der Waals surface area contributed by atoms with Crippen LogP contribution < -0.4 is 10.6 Å². The molecular weight excluding hydrogens is 441 g/mol. The summed E-state index contributed by atoms with van der Waals surface area (Å²) in [5.41, 5.74) is 1.56. The number of ether oxygens (including phenoxy) is 1. The van der Waals surface area contributed by atoms with Crippen molar-refractivity contribution in [1.29, 1.82) is 0 Å². The number of carbonyl (C=O) groups is 2. The van der Waals surface area contributed by atoms with Crippen molar-refractivity contribution in [2.45, 2.75) is 12.2 Å². The molecule has 2 N–H and O–H groups in total. The second kappa shape index (κ2) is 12.0. The van der Waals surface area contributed by atoms with Crippen LogP contribution in [0.5, 0.6) is 0 Å². The van der Waals surface area contributed by atoms with Gasteiger partial charge < -0.3 is 15.4 Å². The minimum Gasteiger partial charge on any atom is -0.379 e. The fraction of sp³-hybridized carbons (Fsp3) is 0.364. The van der Waals surface area contributed by atoms with Crippen LogP contribution in [0, 0.1) is 5.82 Å². The highest BCUT2D eigenvalue weighted by Gasteiger charge is 2.14. The molecule has 2 aromatic rings. The van der Waals surface area contributed by atoms with Crippen molar-refractivity contribution < 1.29 is 18.7 Å². The Morgan fingerprint density at radius 1 is 1.06 bits per heavy atom. The van der Waals surface area contributed by atoms with Crippen molar-refractivity contribution in [3.8, 4) is 0 Å². The van der Waals surface area contributed by atoms with E-state index in [1.165, 1.54) is 30.0 Å². The standard InChI is InChI=1S/C22H25ClFN3O3S/c23-17-3-1-16(2-4-17)14-31-15-22(29)25-18-5-6-19(24)20(13-18)26-21(28)7-8-27-9-11-30-12-10-27/h1-6,13H,7-12,14-15H2,(H,25,29)(H,26,28). The lowest BCUT2D eigenvalue weighted by atomic mass is 10.2. The molecule has 6 nitrogen and oxygen atoms in total. The van der Waals surface area contributed by atoms with Gasteiger partial charge in [0.1, 0.15) is 5.82 Å². The Kier molecular flexibility index (Phi) is 9.14. The molecule has 1 heterocycles. The number of nitrogens with zero attached hydrogens (tertiary/aromatic N) is 1. The third-order valence-electron chi connectivity index (χ3n) is 4.70. The summed E-state index contributed by atoms with van der Waals surface area (Å²) in [7, 11) is 0. The average Bonchev–Trinajstić information content (AvgIpc) is 2.77. The Labute approximate surface area is 190 Å². The predicted molar refractivity (Wildman–Crippen MR) is 123 cm³/mol. The molecule has 0 saturated carbocycles. The molecule has 0 radical (unpaired) electrons. The molecule has 0 spiro atoms. The van der Waals surface area contributed by atoms with E-state index < -0.39 is 5.82 Å². The maximum Gasteiger partial charge on any atom is 0.234 e. The Morgan fingerprint density at radius 3 is 2.55 bits per heavy atom. The van der Waals surface area contributed by atoms with E-state index in [0.717, 1.165) is 18.7 Å². The number of anilines is 2. The summed E-state index contributed by atoms with van der Waals surface area (Å²) < 4.78 is 19.4. The monoisotopic (exact) mass is 465 g/mol. The lowest BCUT2D eigenvalue weighted by Gasteiger charge is -2.26. The van der Waals surface area contributed by atoms with Gasteiger partial charge in [-0.1, -0.05) is 23.7 Å². The van der Waals surface area contributed by atoms with E-state index in [1.807, 2.05) is 24.3 Å². The second-order valence-electron chi connectivity index (χ2n) is 7.11. The van der Waals surface area contributed by atoms with Crippen LogP contribution in [0.3, 0.4) is 0 Å². The van der Waals surface area contributed by atoms with Gasteiger partial charge in [0.25, 0.3) is 0 Å². The third-order valence-corrected chi connectivity index (χ3v) is 5.95. The minimum atomic E-state index is -0.546. The molecule has 31 heavy (non-hydrogen) atoms. The normalized spacial score (nSPS) is 14.3. The predicted octanol–water partition coefficient (Wildman–Crippen LogP) is 4.01. The van der Waals surface area contributed by atoms with Gasteiger partial charge in [-0.2, -0.15) is 0 Å². The van der Waals surface area contributed by atoms with Crippen molar-refractivity contribution in [2.24, 2.45) is 0 Å². The first kappa shape index (κ1) is 23.5. The van der Waals surface area contributed by atoms with Crippen LogP contribution in [-0.4, -0.2) is 55.3 Å². The summed E-state index contributed by atoms with van der Waals surface area (Å²) >= 11 is 7.33. The van der Waals surface area contributed by atoms with Crippen molar-refractivity contribution >= 4 is 46.6 Å². The van der Waals surface area contributed by atoms with Crippen LogP contribution >= 0.6 is 23.4 Å². The van der Waals surface area contributed by atoms with Crippen molar-refractivity contribution in [2.75, 3.05) is 49.2 Å². The molecular formula is C22H25ClFN3O3S. The molecule has 1 saturated heterocycles. The van der Waals surface area contributed by atoms with Gasteiger partial charge in [-0.25, -0.2) is 4.39 Å². The summed E-state index contributed by atoms with van der Waals surface area (Å²) in [5.74, 6) is -0.0860. The van der Waals surface area contributed by atoms with Crippen LogP contribution in [0.1, 0.15) is 12.0 Å². The van der Waals surface area contributed by atoms with Gasteiger partial charge in [-0.3, -0.25) is 14.5 Å². The molecule has 1 aliphatic rings. The first-order valence-electron chi connectivity index (χ1n) is 10.0. The fourth-order valence-corrected chi connectivity index (χ4v) is 3.95. The Hall–Kier alpha value is -2.13. The first-order chi connectivity index (χ1) is 15.0. The molecule has 0 unspecified atom stereocenters. The third kappa shape index (κ3) is 8.14. The molecule has 9 heteroatoms. The van der Waals surface area contributed by atoms with Gasteiger partial charge in [0.2, 0.25) is 11.8 Å². The molecule has 2 amide bonds. The molecule has 166 valence electrons. The maximum absolute atomic E-state index is 14.1. The number of amides is 2. The van der Waals surface area contributed by atoms with Gasteiger partial charge in [-0.15, -0.1) is 11.8 Å².